The number of aromatic nitrogens is 1. The minimum Gasteiger partial charge on any atom is -0.508 e. The van der Waals surface area contributed by atoms with Crippen molar-refractivity contribution in [2.24, 2.45) is 5.73 Å². The van der Waals surface area contributed by atoms with Crippen molar-refractivity contribution in [1.82, 2.24) is 9.69 Å². The van der Waals surface area contributed by atoms with E-state index in [1.807, 2.05) is 20.8 Å². The molecule has 3 aromatic rings. The molecule has 184 valence electrons. The van der Waals surface area contributed by atoms with Crippen LogP contribution in [-0.4, -0.2) is 32.7 Å². The summed E-state index contributed by atoms with van der Waals surface area (Å²) in [5, 5.41) is 12.7. The third kappa shape index (κ3) is 5.57. The lowest BCUT2D eigenvalue weighted by molar-refractivity contribution is -0.124. The second-order valence-electron chi connectivity index (χ2n) is 8.51. The van der Waals surface area contributed by atoms with E-state index < -0.39 is 35.1 Å². The van der Waals surface area contributed by atoms with Gasteiger partial charge in [-0.3, -0.25) is 19.3 Å². The lowest BCUT2D eigenvalue weighted by Gasteiger charge is -2.34. The van der Waals surface area contributed by atoms with E-state index in [9.17, 15) is 23.9 Å². The van der Waals surface area contributed by atoms with Crippen molar-refractivity contribution < 1.29 is 23.9 Å². The van der Waals surface area contributed by atoms with Crippen LogP contribution >= 0.6 is 11.5 Å². The summed E-state index contributed by atoms with van der Waals surface area (Å²) < 4.78 is 17.6. The highest BCUT2D eigenvalue weighted by molar-refractivity contribution is 7.09. The quantitative estimate of drug-likeness (QED) is 0.373. The minimum atomic E-state index is -1.24. The number of phenols is 1. The number of primary amides is 1. The number of anilines is 2. The second-order valence-corrected chi connectivity index (χ2v) is 9.28. The third-order valence-corrected chi connectivity index (χ3v) is 6.39. The zero-order chi connectivity index (χ0) is 25.9. The molecule has 0 radical (unpaired) electrons. The fourth-order valence-corrected chi connectivity index (χ4v) is 4.03. The van der Waals surface area contributed by atoms with E-state index in [0.29, 0.717) is 23.5 Å². The van der Waals surface area contributed by atoms with Crippen molar-refractivity contribution in [1.29, 1.82) is 0 Å². The van der Waals surface area contributed by atoms with Crippen molar-refractivity contribution in [3.8, 4) is 5.75 Å². The molecule has 1 aromatic heterocycles. The smallest absolute Gasteiger partial charge is 0.273 e. The molecule has 2 aromatic carbocycles. The lowest BCUT2D eigenvalue weighted by Crippen LogP contribution is -2.50. The SMILES string of the molecule is CCC(C)(C)NC(=O)C(c1ccc(O)cc1)N(C(=O)c1snc(C(N)=O)c1N)c1ccc(F)cc1. The van der Waals surface area contributed by atoms with Crippen molar-refractivity contribution in [2.75, 3.05) is 10.6 Å². The van der Waals surface area contributed by atoms with E-state index in [4.69, 9.17) is 11.5 Å². The highest BCUT2D eigenvalue weighted by Crippen LogP contribution is 2.34. The molecule has 0 fully saturated rings. The summed E-state index contributed by atoms with van der Waals surface area (Å²) in [6, 6.07) is 9.57. The van der Waals surface area contributed by atoms with Gasteiger partial charge in [-0.05, 0) is 73.8 Å². The maximum atomic E-state index is 13.8. The Morgan fingerprint density at radius 3 is 2.26 bits per heavy atom. The number of nitrogen functional groups attached to an aromatic ring is 1. The number of rotatable bonds is 8. The Kier molecular flexibility index (Phi) is 7.39. The Hall–Kier alpha value is -3.99. The van der Waals surface area contributed by atoms with Crippen LogP contribution in [-0.2, 0) is 4.79 Å². The number of nitrogens with zero attached hydrogens (tertiary/aromatic N) is 2. The summed E-state index contributed by atoms with van der Waals surface area (Å²) in [6.45, 7) is 5.58. The molecular formula is C24H26FN5O4S. The molecule has 0 aliphatic rings. The van der Waals surface area contributed by atoms with Gasteiger partial charge in [-0.15, -0.1) is 0 Å². The highest BCUT2D eigenvalue weighted by atomic mass is 32.1. The molecule has 0 saturated carbocycles. The number of carbonyl (C=O) groups excluding carboxylic acids is 3. The van der Waals surface area contributed by atoms with Gasteiger partial charge < -0.3 is 21.9 Å². The molecule has 6 N–H and O–H groups in total. The molecule has 9 nitrogen and oxygen atoms in total. The van der Waals surface area contributed by atoms with Crippen LogP contribution in [0.25, 0.3) is 0 Å². The van der Waals surface area contributed by atoms with E-state index in [0.717, 1.165) is 17.0 Å². The maximum absolute atomic E-state index is 13.8. The van der Waals surface area contributed by atoms with E-state index in [1.54, 1.807) is 0 Å². The Morgan fingerprint density at radius 2 is 1.74 bits per heavy atom. The predicted octanol–water partition coefficient (Wildman–Crippen LogP) is 3.36. The molecule has 1 unspecified atom stereocenters. The maximum Gasteiger partial charge on any atom is 0.273 e. The highest BCUT2D eigenvalue weighted by Gasteiger charge is 2.37. The number of hydrogen-bond acceptors (Lipinski definition) is 7. The molecular weight excluding hydrogens is 473 g/mol. The van der Waals surface area contributed by atoms with Crippen molar-refractivity contribution in [3.05, 3.63) is 70.5 Å². The molecule has 0 spiro atoms. The van der Waals surface area contributed by atoms with Crippen LogP contribution in [0.2, 0.25) is 0 Å². The molecule has 11 heteroatoms. The topological polar surface area (TPSA) is 152 Å². The summed E-state index contributed by atoms with van der Waals surface area (Å²) in [4.78, 5) is 40.2. The van der Waals surface area contributed by atoms with E-state index in [-0.39, 0.29) is 27.7 Å². The minimum absolute atomic E-state index is 0.0285. The zero-order valence-electron chi connectivity index (χ0n) is 19.4. The monoisotopic (exact) mass is 499 g/mol. The molecule has 3 amide bonds. The number of carbonyl (C=O) groups is 3. The standard InChI is InChI=1S/C24H26FN5O4S/c1-4-24(2,3)28-22(33)19(13-5-11-16(31)12-6-13)30(15-9-7-14(25)8-10-15)23(34)20-17(26)18(21(27)32)29-35-20/h5-12,19,31H,4,26H2,1-3H3,(H2,27,32)(H,28,33). The molecule has 1 heterocycles. The number of benzene rings is 2. The average molecular weight is 500 g/mol. The Morgan fingerprint density at radius 1 is 1.14 bits per heavy atom. The number of nitrogens with one attached hydrogen (secondary N) is 1. The fourth-order valence-electron chi connectivity index (χ4n) is 3.29. The van der Waals surface area contributed by atoms with Crippen LogP contribution in [0, 0.1) is 5.82 Å². The van der Waals surface area contributed by atoms with E-state index in [2.05, 4.69) is 9.69 Å². The Balaban J connectivity index is 2.22. The van der Waals surface area contributed by atoms with E-state index >= 15 is 0 Å². The summed E-state index contributed by atoms with van der Waals surface area (Å²) in [6.07, 6.45) is 0.606. The van der Waals surface area contributed by atoms with Crippen LogP contribution in [0.3, 0.4) is 0 Å². The summed E-state index contributed by atoms with van der Waals surface area (Å²) in [7, 11) is 0. The number of nitrogens with two attached hydrogens (primary N) is 2. The van der Waals surface area contributed by atoms with Gasteiger partial charge >= 0.3 is 0 Å². The largest absolute Gasteiger partial charge is 0.508 e. The first-order valence-corrected chi connectivity index (χ1v) is 11.5. The summed E-state index contributed by atoms with van der Waals surface area (Å²) in [5.74, 6) is -2.71. The first-order valence-electron chi connectivity index (χ1n) is 10.7. The molecule has 35 heavy (non-hydrogen) atoms. The van der Waals surface area contributed by atoms with Gasteiger partial charge in [-0.2, -0.15) is 4.37 Å². The number of halogens is 1. The van der Waals surface area contributed by atoms with Gasteiger partial charge in [-0.1, -0.05) is 19.1 Å². The Labute approximate surface area is 205 Å². The lowest BCUT2D eigenvalue weighted by atomic mass is 9.98. The normalized spacial score (nSPS) is 12.1. The van der Waals surface area contributed by atoms with Gasteiger partial charge in [0.25, 0.3) is 11.8 Å². The zero-order valence-corrected chi connectivity index (χ0v) is 20.2. The first-order chi connectivity index (χ1) is 16.4. The van der Waals surface area contributed by atoms with Crippen LogP contribution in [0.15, 0.2) is 48.5 Å². The van der Waals surface area contributed by atoms with E-state index in [1.165, 1.54) is 36.4 Å². The number of aromatic hydroxyl groups is 1. The van der Waals surface area contributed by atoms with Gasteiger partial charge in [0.05, 0.1) is 5.69 Å². The molecule has 0 bridgehead atoms. The van der Waals surface area contributed by atoms with Gasteiger partial charge in [-0.25, -0.2) is 4.39 Å². The fraction of sp³-hybridized carbons (Fsp3) is 0.250. The van der Waals surface area contributed by atoms with Crippen LogP contribution in [0.4, 0.5) is 15.8 Å². The van der Waals surface area contributed by atoms with Gasteiger partial charge in [0.2, 0.25) is 5.91 Å². The van der Waals surface area contributed by atoms with Crippen LogP contribution < -0.4 is 21.7 Å². The predicted molar refractivity (Wildman–Crippen MR) is 132 cm³/mol. The molecule has 3 rings (SSSR count). The van der Waals surface area contributed by atoms with Crippen LogP contribution in [0.1, 0.15) is 59.0 Å². The summed E-state index contributed by atoms with van der Waals surface area (Å²) >= 11 is 0.670. The molecule has 0 saturated heterocycles. The van der Waals surface area contributed by atoms with Crippen molar-refractivity contribution in [2.45, 2.75) is 38.8 Å². The van der Waals surface area contributed by atoms with Gasteiger partial charge in [0.15, 0.2) is 5.69 Å². The van der Waals surface area contributed by atoms with Gasteiger partial charge in [0.1, 0.15) is 22.5 Å². The number of hydrogen-bond donors (Lipinski definition) is 4. The Bertz CT molecular complexity index is 1240. The summed E-state index contributed by atoms with van der Waals surface area (Å²) in [5.41, 5.74) is 10.8. The van der Waals surface area contributed by atoms with Gasteiger partial charge in [0, 0.05) is 11.2 Å². The van der Waals surface area contributed by atoms with Crippen LogP contribution in [0.5, 0.6) is 5.75 Å². The molecule has 0 aliphatic carbocycles. The number of amides is 3. The second kappa shape index (κ2) is 10.1. The third-order valence-electron chi connectivity index (χ3n) is 5.54. The first kappa shape index (κ1) is 25.6. The number of phenolic OH excluding ortho intramolecular Hbond substituents is 1. The van der Waals surface area contributed by atoms with Crippen molar-refractivity contribution in [3.63, 3.8) is 0 Å². The molecule has 1 atom stereocenters. The molecule has 0 aliphatic heterocycles. The van der Waals surface area contributed by atoms with Crippen molar-refractivity contribution >= 4 is 40.6 Å². The average Bonchev–Trinajstić information content (AvgIpc) is 3.20.